The first-order valence-electron chi connectivity index (χ1n) is 10.2. The Hall–Kier alpha value is -3.33. The van der Waals surface area contributed by atoms with Crippen LogP contribution in [0.1, 0.15) is 31.9 Å². The molecule has 0 aliphatic carbocycles. The number of methoxy groups -OCH3 is 1. The lowest BCUT2D eigenvalue weighted by molar-refractivity contribution is 0.414. The van der Waals surface area contributed by atoms with Gasteiger partial charge in [-0.05, 0) is 55.7 Å². The Balaban J connectivity index is 1.65. The molecule has 30 heavy (non-hydrogen) atoms. The van der Waals surface area contributed by atoms with Gasteiger partial charge >= 0.3 is 0 Å². The van der Waals surface area contributed by atoms with E-state index in [0.717, 1.165) is 17.0 Å². The van der Waals surface area contributed by atoms with Crippen LogP contribution in [-0.4, -0.2) is 25.9 Å². The maximum absolute atomic E-state index is 5.69. The van der Waals surface area contributed by atoms with Gasteiger partial charge in [-0.15, -0.1) is 0 Å². The second kappa shape index (κ2) is 7.83. The Kier molecular flexibility index (Phi) is 5.21. The molecule has 0 amide bonds. The topological polar surface area (TPSA) is 24.8 Å². The molecule has 0 atom stereocenters. The van der Waals surface area contributed by atoms with Crippen molar-refractivity contribution in [3.05, 3.63) is 83.9 Å². The molecule has 0 spiro atoms. The zero-order valence-corrected chi connectivity index (χ0v) is 18.3. The Morgan fingerprint density at radius 3 is 2.27 bits per heavy atom. The molecule has 1 aliphatic rings. The molecule has 3 heteroatoms. The van der Waals surface area contributed by atoms with E-state index >= 15 is 0 Å². The fraction of sp³-hybridized carbons (Fsp3) is 0.222. The predicted octanol–water partition coefficient (Wildman–Crippen LogP) is 6.74. The van der Waals surface area contributed by atoms with Crippen LogP contribution in [0, 0.1) is 0 Å². The smallest absolute Gasteiger partial charge is 0.129 e. The van der Waals surface area contributed by atoms with Gasteiger partial charge < -0.3 is 9.64 Å². The van der Waals surface area contributed by atoms with Gasteiger partial charge in [0.2, 0.25) is 0 Å². The van der Waals surface area contributed by atoms with Crippen molar-refractivity contribution in [3.8, 4) is 16.9 Å². The van der Waals surface area contributed by atoms with Crippen molar-refractivity contribution in [3.63, 3.8) is 0 Å². The lowest BCUT2D eigenvalue weighted by Crippen LogP contribution is -2.42. The number of rotatable bonds is 4. The van der Waals surface area contributed by atoms with E-state index in [0.29, 0.717) is 0 Å². The minimum Gasteiger partial charge on any atom is -0.496 e. The first-order valence-corrected chi connectivity index (χ1v) is 10.2. The van der Waals surface area contributed by atoms with Crippen LogP contribution in [0.25, 0.3) is 16.7 Å². The molecule has 0 saturated heterocycles. The average molecular weight is 397 g/mol. The quantitative estimate of drug-likeness (QED) is 0.456. The predicted molar refractivity (Wildman–Crippen MR) is 128 cm³/mol. The molecule has 0 aromatic heterocycles. The number of benzene rings is 3. The van der Waals surface area contributed by atoms with Crippen LogP contribution < -0.4 is 9.64 Å². The molecule has 0 N–H and O–H groups in total. The van der Waals surface area contributed by atoms with Crippen LogP contribution in [0.3, 0.4) is 0 Å². The van der Waals surface area contributed by atoms with Crippen LogP contribution in [0.15, 0.2) is 77.8 Å². The van der Waals surface area contributed by atoms with Crippen LogP contribution >= 0.6 is 0 Å². The maximum Gasteiger partial charge on any atom is 0.129 e. The van der Waals surface area contributed by atoms with Gasteiger partial charge in [-0.3, -0.25) is 4.99 Å². The second-order valence-electron chi connectivity index (χ2n) is 8.32. The van der Waals surface area contributed by atoms with Gasteiger partial charge in [-0.1, -0.05) is 48.5 Å². The summed E-state index contributed by atoms with van der Waals surface area (Å²) in [7, 11) is 3.84. The van der Waals surface area contributed by atoms with Gasteiger partial charge in [-0.25, -0.2) is 0 Å². The van der Waals surface area contributed by atoms with Gasteiger partial charge in [0, 0.05) is 36.1 Å². The zero-order valence-electron chi connectivity index (χ0n) is 18.3. The van der Waals surface area contributed by atoms with Crippen LogP contribution in [0.2, 0.25) is 0 Å². The van der Waals surface area contributed by atoms with E-state index < -0.39 is 0 Å². The lowest BCUT2D eigenvalue weighted by atomic mass is 9.88. The molecule has 3 aromatic rings. The average Bonchev–Trinajstić information content (AvgIpc) is 2.76. The Morgan fingerprint density at radius 2 is 1.60 bits per heavy atom. The van der Waals surface area contributed by atoms with E-state index in [1.807, 2.05) is 24.4 Å². The molecule has 3 nitrogen and oxygen atoms in total. The number of hydrogen-bond acceptors (Lipinski definition) is 3. The van der Waals surface area contributed by atoms with E-state index in [4.69, 9.17) is 9.73 Å². The van der Waals surface area contributed by atoms with Gasteiger partial charge in [0.25, 0.3) is 0 Å². The van der Waals surface area contributed by atoms with E-state index in [9.17, 15) is 0 Å². The van der Waals surface area contributed by atoms with Gasteiger partial charge in [0.05, 0.1) is 18.3 Å². The number of aliphatic imine (C=N–C) groups is 1. The third-order valence-corrected chi connectivity index (χ3v) is 5.90. The Labute approximate surface area is 179 Å². The normalized spacial score (nSPS) is 15.1. The zero-order chi connectivity index (χ0) is 21.3. The molecular formula is C27H28N2O. The van der Waals surface area contributed by atoms with Crippen molar-refractivity contribution >= 4 is 23.2 Å². The van der Waals surface area contributed by atoms with E-state index in [2.05, 4.69) is 87.3 Å². The number of hydrogen-bond donors (Lipinski definition) is 0. The largest absolute Gasteiger partial charge is 0.496 e. The first-order chi connectivity index (χ1) is 14.4. The van der Waals surface area contributed by atoms with Gasteiger partial charge in [0.1, 0.15) is 5.75 Å². The summed E-state index contributed by atoms with van der Waals surface area (Å²) in [5.41, 5.74) is 7.94. The third-order valence-electron chi connectivity index (χ3n) is 5.90. The standard InChI is InChI=1S/C27H28N2O/c1-19-17-27(2,3)29(4)25-16-26(30-5)22(15-24(19)25)18-28-23-13-11-21(12-14-23)20-9-7-6-8-10-20/h6-18H,1-5H3. The highest BCUT2D eigenvalue weighted by molar-refractivity contribution is 5.92. The monoisotopic (exact) mass is 396 g/mol. The molecule has 0 fully saturated rings. The van der Waals surface area contributed by atoms with Crippen LogP contribution in [-0.2, 0) is 0 Å². The summed E-state index contributed by atoms with van der Waals surface area (Å²) in [5, 5.41) is 0. The first kappa shape index (κ1) is 20.0. The number of allylic oxidation sites excluding steroid dienone is 1. The minimum atomic E-state index is -0.0296. The highest BCUT2D eigenvalue weighted by Crippen LogP contribution is 2.41. The maximum atomic E-state index is 5.69. The van der Waals surface area contributed by atoms with Crippen molar-refractivity contribution in [2.24, 2.45) is 4.99 Å². The number of ether oxygens (including phenoxy) is 1. The number of fused-ring (bicyclic) bond motifs is 1. The lowest BCUT2D eigenvalue weighted by Gasteiger charge is -2.40. The number of nitrogens with zero attached hydrogens (tertiary/aromatic N) is 2. The van der Waals surface area contributed by atoms with Gasteiger partial charge in [0.15, 0.2) is 0 Å². The van der Waals surface area contributed by atoms with Gasteiger partial charge in [-0.2, -0.15) is 0 Å². The van der Waals surface area contributed by atoms with Crippen molar-refractivity contribution in [2.45, 2.75) is 26.3 Å². The molecule has 0 radical (unpaired) electrons. The Morgan fingerprint density at radius 1 is 0.933 bits per heavy atom. The molecule has 152 valence electrons. The van der Waals surface area contributed by atoms with E-state index in [1.165, 1.54) is 28.0 Å². The molecule has 0 saturated carbocycles. The number of anilines is 1. The fourth-order valence-electron chi connectivity index (χ4n) is 3.99. The molecule has 0 unspecified atom stereocenters. The summed E-state index contributed by atoms with van der Waals surface area (Å²) >= 11 is 0. The van der Waals surface area contributed by atoms with Crippen molar-refractivity contribution in [1.29, 1.82) is 0 Å². The van der Waals surface area contributed by atoms with Crippen LogP contribution in [0.4, 0.5) is 11.4 Å². The molecule has 1 aliphatic heterocycles. The summed E-state index contributed by atoms with van der Waals surface area (Å²) in [5.74, 6) is 0.829. The highest BCUT2D eigenvalue weighted by Gasteiger charge is 2.29. The van der Waals surface area contributed by atoms with Crippen molar-refractivity contribution < 1.29 is 4.74 Å². The minimum absolute atomic E-state index is 0.0296. The molecule has 1 heterocycles. The summed E-state index contributed by atoms with van der Waals surface area (Å²) in [4.78, 5) is 7.00. The highest BCUT2D eigenvalue weighted by atomic mass is 16.5. The summed E-state index contributed by atoms with van der Waals surface area (Å²) in [6.07, 6.45) is 4.20. The van der Waals surface area contributed by atoms with Crippen molar-refractivity contribution in [1.82, 2.24) is 0 Å². The molecule has 3 aromatic carbocycles. The summed E-state index contributed by atoms with van der Waals surface area (Å²) in [6.45, 7) is 6.62. The second-order valence-corrected chi connectivity index (χ2v) is 8.32. The van der Waals surface area contributed by atoms with Crippen molar-refractivity contribution in [2.75, 3.05) is 19.1 Å². The molecular weight excluding hydrogens is 368 g/mol. The van der Waals surface area contributed by atoms with E-state index in [-0.39, 0.29) is 5.54 Å². The summed E-state index contributed by atoms with van der Waals surface area (Å²) in [6, 6.07) is 23.0. The Bertz CT molecular complexity index is 1110. The van der Waals surface area contributed by atoms with Crippen LogP contribution in [0.5, 0.6) is 5.75 Å². The molecule has 0 bridgehead atoms. The molecule has 4 rings (SSSR count). The summed E-state index contributed by atoms with van der Waals surface area (Å²) < 4.78 is 5.69. The third kappa shape index (κ3) is 3.76. The number of likely N-dealkylation sites (N-methyl/N-ethyl adjacent to an activating group) is 1. The fourth-order valence-corrected chi connectivity index (χ4v) is 3.99. The SMILES string of the molecule is COc1cc2c(cc1C=Nc1ccc(-c3ccccc3)cc1)C(C)=CC(C)(C)N2C. The van der Waals surface area contributed by atoms with E-state index in [1.54, 1.807) is 7.11 Å².